The van der Waals surface area contributed by atoms with Crippen LogP contribution < -0.4 is 4.90 Å². The van der Waals surface area contributed by atoms with Gasteiger partial charge in [0.2, 0.25) is 11.8 Å². The fourth-order valence-electron chi connectivity index (χ4n) is 2.73. The molecule has 0 unspecified atom stereocenters. The molecule has 0 radical (unpaired) electrons. The Morgan fingerprint density at radius 3 is 2.08 bits per heavy atom. The molecule has 0 aliphatic rings. The van der Waals surface area contributed by atoms with Crippen molar-refractivity contribution in [1.82, 2.24) is 4.90 Å². The van der Waals surface area contributed by atoms with Crippen LogP contribution in [0.5, 0.6) is 0 Å². The van der Waals surface area contributed by atoms with Gasteiger partial charge in [-0.25, -0.2) is 0 Å². The number of hydrogen-bond donors (Lipinski definition) is 1. The van der Waals surface area contributed by atoms with Crippen LogP contribution in [0.15, 0.2) is 60.7 Å². The lowest BCUT2D eigenvalue weighted by Crippen LogP contribution is -2.33. The summed E-state index contributed by atoms with van der Waals surface area (Å²) < 4.78 is 0. The summed E-state index contributed by atoms with van der Waals surface area (Å²) in [4.78, 5) is 28.0. The van der Waals surface area contributed by atoms with E-state index in [-0.39, 0.29) is 18.4 Å². The molecule has 2 rings (SSSR count). The molecule has 2 amide bonds. The van der Waals surface area contributed by atoms with Gasteiger partial charge in [0.05, 0.1) is 6.61 Å². The Morgan fingerprint density at radius 1 is 0.885 bits per heavy atom. The van der Waals surface area contributed by atoms with Gasteiger partial charge in [-0.05, 0) is 24.1 Å². The van der Waals surface area contributed by atoms with Crippen molar-refractivity contribution in [3.05, 3.63) is 66.2 Å². The Bertz CT molecular complexity index is 689. The van der Waals surface area contributed by atoms with Crippen LogP contribution in [0.25, 0.3) is 0 Å². The third-order valence-corrected chi connectivity index (χ3v) is 4.24. The van der Waals surface area contributed by atoms with Crippen LogP contribution >= 0.6 is 0 Å². The van der Waals surface area contributed by atoms with E-state index in [1.807, 2.05) is 60.7 Å². The molecule has 0 atom stereocenters. The molecule has 0 saturated carbocycles. The second-order valence-electron chi connectivity index (χ2n) is 6.17. The van der Waals surface area contributed by atoms with Crippen molar-refractivity contribution < 1.29 is 14.7 Å². The quantitative estimate of drug-likeness (QED) is 0.753. The first-order valence-electron chi connectivity index (χ1n) is 8.86. The van der Waals surface area contributed by atoms with Crippen LogP contribution in [0.3, 0.4) is 0 Å². The maximum atomic E-state index is 12.4. The van der Waals surface area contributed by atoms with Gasteiger partial charge in [-0.15, -0.1) is 0 Å². The van der Waals surface area contributed by atoms with E-state index in [2.05, 4.69) is 0 Å². The van der Waals surface area contributed by atoms with E-state index in [1.54, 1.807) is 16.8 Å². The van der Waals surface area contributed by atoms with Gasteiger partial charge >= 0.3 is 0 Å². The van der Waals surface area contributed by atoms with E-state index in [1.165, 1.54) is 0 Å². The molecule has 0 aliphatic carbocycles. The Labute approximate surface area is 154 Å². The van der Waals surface area contributed by atoms with Gasteiger partial charge in [0.25, 0.3) is 0 Å². The highest BCUT2D eigenvalue weighted by Crippen LogP contribution is 2.14. The predicted octanol–water partition coefficient (Wildman–Crippen LogP) is 2.84. The topological polar surface area (TPSA) is 60.9 Å². The molecule has 0 spiro atoms. The SMILES string of the molecule is CN(C(=O)CCCC(=O)N(CCO)Cc1ccccc1)c1ccccc1. The molecule has 5 nitrogen and oxygen atoms in total. The van der Waals surface area contributed by atoms with Crippen molar-refractivity contribution in [2.75, 3.05) is 25.1 Å². The average molecular weight is 354 g/mol. The lowest BCUT2D eigenvalue weighted by Gasteiger charge is -2.22. The molecule has 0 aliphatic heterocycles. The minimum Gasteiger partial charge on any atom is -0.395 e. The Kier molecular flexibility index (Phi) is 7.83. The summed E-state index contributed by atoms with van der Waals surface area (Å²) in [5.41, 5.74) is 1.86. The van der Waals surface area contributed by atoms with Crippen LogP contribution in [0.2, 0.25) is 0 Å². The summed E-state index contributed by atoms with van der Waals surface area (Å²) in [5, 5.41) is 9.22. The average Bonchev–Trinajstić information content (AvgIpc) is 2.68. The van der Waals surface area contributed by atoms with Crippen LogP contribution in [-0.4, -0.2) is 42.0 Å². The molecule has 5 heteroatoms. The zero-order valence-corrected chi connectivity index (χ0v) is 15.2. The fraction of sp³-hybridized carbons (Fsp3) is 0.333. The second kappa shape index (κ2) is 10.4. The maximum absolute atomic E-state index is 12.4. The lowest BCUT2D eigenvalue weighted by molar-refractivity contribution is -0.132. The third-order valence-electron chi connectivity index (χ3n) is 4.24. The molecule has 0 aromatic heterocycles. The van der Waals surface area contributed by atoms with Gasteiger partial charge in [-0.3, -0.25) is 9.59 Å². The summed E-state index contributed by atoms with van der Waals surface area (Å²) in [6, 6.07) is 19.1. The zero-order valence-electron chi connectivity index (χ0n) is 15.2. The van der Waals surface area contributed by atoms with E-state index in [0.717, 1.165) is 11.3 Å². The molecule has 2 aromatic carbocycles. The molecule has 0 heterocycles. The molecule has 0 bridgehead atoms. The van der Waals surface area contributed by atoms with Crippen LogP contribution in [0.4, 0.5) is 5.69 Å². The number of amides is 2. The first-order valence-corrected chi connectivity index (χ1v) is 8.86. The molecule has 1 N–H and O–H groups in total. The Balaban J connectivity index is 1.82. The smallest absolute Gasteiger partial charge is 0.226 e. The van der Waals surface area contributed by atoms with Gasteiger partial charge in [0, 0.05) is 38.7 Å². The summed E-state index contributed by atoms with van der Waals surface area (Å²) >= 11 is 0. The van der Waals surface area contributed by atoms with Gasteiger partial charge < -0.3 is 14.9 Å². The van der Waals surface area contributed by atoms with Crippen LogP contribution in [-0.2, 0) is 16.1 Å². The van der Waals surface area contributed by atoms with E-state index in [0.29, 0.717) is 32.4 Å². The third kappa shape index (κ3) is 6.01. The number of nitrogens with zero attached hydrogens (tertiary/aromatic N) is 2. The van der Waals surface area contributed by atoms with E-state index in [4.69, 9.17) is 0 Å². The van der Waals surface area contributed by atoms with Crippen LogP contribution in [0.1, 0.15) is 24.8 Å². The Morgan fingerprint density at radius 2 is 1.46 bits per heavy atom. The van der Waals surface area contributed by atoms with Crippen molar-refractivity contribution >= 4 is 17.5 Å². The number of rotatable bonds is 9. The standard InChI is InChI=1S/C21H26N2O3/c1-22(19-11-6-3-7-12-19)20(25)13-8-14-21(26)23(15-16-24)17-18-9-4-2-5-10-18/h2-7,9-12,24H,8,13-17H2,1H3. The van der Waals surface area contributed by atoms with Crippen LogP contribution in [0, 0.1) is 0 Å². The number of para-hydroxylation sites is 1. The van der Waals surface area contributed by atoms with Crippen molar-refractivity contribution in [1.29, 1.82) is 0 Å². The fourth-order valence-corrected chi connectivity index (χ4v) is 2.73. The summed E-state index contributed by atoms with van der Waals surface area (Å²) in [6.45, 7) is 0.692. The van der Waals surface area contributed by atoms with Gasteiger partial charge in [-0.1, -0.05) is 48.5 Å². The second-order valence-corrected chi connectivity index (χ2v) is 6.17. The minimum absolute atomic E-state index is 0.0132. The Hall–Kier alpha value is -2.66. The number of anilines is 1. The summed E-state index contributed by atoms with van der Waals surface area (Å²) in [6.07, 6.45) is 1.10. The predicted molar refractivity (Wildman–Crippen MR) is 103 cm³/mol. The molecule has 0 saturated heterocycles. The lowest BCUT2D eigenvalue weighted by atomic mass is 10.1. The van der Waals surface area contributed by atoms with Crippen molar-refractivity contribution in [3.63, 3.8) is 0 Å². The monoisotopic (exact) mass is 354 g/mol. The maximum Gasteiger partial charge on any atom is 0.226 e. The van der Waals surface area contributed by atoms with Crippen molar-refractivity contribution in [3.8, 4) is 0 Å². The van der Waals surface area contributed by atoms with Crippen molar-refractivity contribution in [2.24, 2.45) is 0 Å². The van der Waals surface area contributed by atoms with Gasteiger partial charge in [0.1, 0.15) is 0 Å². The highest BCUT2D eigenvalue weighted by molar-refractivity contribution is 5.93. The molecular formula is C21H26N2O3. The number of carbonyl (C=O) groups is 2. The number of benzene rings is 2. The van der Waals surface area contributed by atoms with Crippen molar-refractivity contribution in [2.45, 2.75) is 25.8 Å². The molecule has 26 heavy (non-hydrogen) atoms. The molecular weight excluding hydrogens is 328 g/mol. The number of aliphatic hydroxyl groups is 1. The first kappa shape index (κ1) is 19.7. The van der Waals surface area contributed by atoms with E-state index in [9.17, 15) is 14.7 Å². The normalized spacial score (nSPS) is 10.4. The number of aliphatic hydroxyl groups excluding tert-OH is 1. The minimum atomic E-state index is -0.0751. The highest BCUT2D eigenvalue weighted by atomic mass is 16.3. The zero-order chi connectivity index (χ0) is 18.8. The number of hydrogen-bond acceptors (Lipinski definition) is 3. The highest BCUT2D eigenvalue weighted by Gasteiger charge is 2.15. The number of carbonyl (C=O) groups excluding carboxylic acids is 2. The first-order chi connectivity index (χ1) is 12.6. The summed E-state index contributed by atoms with van der Waals surface area (Å²) in [5.74, 6) is -0.0566. The van der Waals surface area contributed by atoms with E-state index >= 15 is 0 Å². The largest absolute Gasteiger partial charge is 0.395 e. The summed E-state index contributed by atoms with van der Waals surface area (Å²) in [7, 11) is 1.74. The van der Waals surface area contributed by atoms with Gasteiger partial charge in [0.15, 0.2) is 0 Å². The van der Waals surface area contributed by atoms with Gasteiger partial charge in [-0.2, -0.15) is 0 Å². The molecule has 138 valence electrons. The molecule has 2 aromatic rings. The van der Waals surface area contributed by atoms with E-state index < -0.39 is 0 Å². The molecule has 0 fully saturated rings.